The van der Waals surface area contributed by atoms with Crippen LogP contribution in [0.25, 0.3) is 0 Å². The molecule has 7 nitrogen and oxygen atoms in total. The number of carbonyl (C=O) groups excluding carboxylic acids is 1. The number of carbonyl (C=O) groups is 1. The molecule has 0 bridgehead atoms. The second-order valence-electron chi connectivity index (χ2n) is 5.48. The normalized spacial score (nSPS) is 30.3. The third kappa shape index (κ3) is 5.52. The topological polar surface area (TPSA) is 119 Å². The molecular formula is C14H27NO6. The van der Waals surface area contributed by atoms with Crippen LogP contribution in [0.4, 0.5) is 0 Å². The number of ether oxygens (including phenoxy) is 1. The molecule has 0 unspecified atom stereocenters. The molecule has 1 saturated heterocycles. The van der Waals surface area contributed by atoms with E-state index in [0.717, 1.165) is 32.1 Å². The van der Waals surface area contributed by atoms with Gasteiger partial charge in [-0.15, -0.1) is 0 Å². The van der Waals surface area contributed by atoms with Crippen LogP contribution < -0.4 is 5.32 Å². The van der Waals surface area contributed by atoms with Gasteiger partial charge in [0.25, 0.3) is 0 Å². The van der Waals surface area contributed by atoms with Crippen molar-refractivity contribution in [3.05, 3.63) is 0 Å². The zero-order valence-corrected chi connectivity index (χ0v) is 12.4. The number of nitrogens with one attached hydrogen (secondary N) is 1. The molecule has 5 N–H and O–H groups in total. The summed E-state index contributed by atoms with van der Waals surface area (Å²) in [7, 11) is 0. The average Bonchev–Trinajstić information content (AvgIpc) is 2.74. The highest BCUT2D eigenvalue weighted by Crippen LogP contribution is 2.22. The Bertz CT molecular complexity index is 314. The van der Waals surface area contributed by atoms with Crippen LogP contribution in [0.1, 0.15) is 45.4 Å². The third-order valence-electron chi connectivity index (χ3n) is 3.68. The predicted molar refractivity (Wildman–Crippen MR) is 75.3 cm³/mol. The van der Waals surface area contributed by atoms with E-state index in [-0.39, 0.29) is 5.91 Å². The first-order valence-corrected chi connectivity index (χ1v) is 7.61. The molecule has 1 fully saturated rings. The number of hydrogen-bond donors (Lipinski definition) is 5. The molecule has 0 aromatic heterocycles. The number of hydrogen-bond acceptors (Lipinski definition) is 6. The van der Waals surface area contributed by atoms with E-state index in [1.165, 1.54) is 0 Å². The van der Waals surface area contributed by atoms with Crippen molar-refractivity contribution in [2.45, 2.75) is 76.1 Å². The van der Waals surface area contributed by atoms with Crippen molar-refractivity contribution in [1.82, 2.24) is 5.32 Å². The van der Waals surface area contributed by atoms with Crippen LogP contribution in [0.3, 0.4) is 0 Å². The summed E-state index contributed by atoms with van der Waals surface area (Å²) in [4.78, 5) is 11.7. The maximum Gasteiger partial charge on any atom is 0.222 e. The fourth-order valence-electron chi connectivity index (χ4n) is 2.37. The van der Waals surface area contributed by atoms with Crippen molar-refractivity contribution in [2.75, 3.05) is 6.61 Å². The van der Waals surface area contributed by atoms with Crippen molar-refractivity contribution >= 4 is 5.91 Å². The van der Waals surface area contributed by atoms with Gasteiger partial charge in [0.05, 0.1) is 6.61 Å². The molecule has 5 atom stereocenters. The molecule has 0 aromatic rings. The first-order valence-electron chi connectivity index (χ1n) is 7.61. The Morgan fingerprint density at radius 2 is 1.86 bits per heavy atom. The highest BCUT2D eigenvalue weighted by atomic mass is 16.6. The van der Waals surface area contributed by atoms with E-state index in [1.807, 2.05) is 0 Å². The highest BCUT2D eigenvalue weighted by Gasteiger charge is 2.46. The monoisotopic (exact) mass is 305 g/mol. The van der Waals surface area contributed by atoms with E-state index in [9.17, 15) is 20.1 Å². The Hall–Kier alpha value is -0.730. The summed E-state index contributed by atoms with van der Waals surface area (Å²) in [5.41, 5.74) is 0. The minimum atomic E-state index is -1.35. The van der Waals surface area contributed by atoms with Crippen LogP contribution in [-0.2, 0) is 9.53 Å². The molecule has 1 aliphatic rings. The Morgan fingerprint density at radius 1 is 1.19 bits per heavy atom. The van der Waals surface area contributed by atoms with Gasteiger partial charge in [-0.3, -0.25) is 4.79 Å². The standard InChI is InChI=1S/C14H27NO6/c1-2-3-4-5-6-7-10(18)15-14-12(20)11(19)13(21-14)9(17)8-16/h9,11-14,16-17,19-20H,2-8H2,1H3,(H,15,18)/t9-,11-,12-,13+,14+/m1/s1. The Labute approximate surface area is 124 Å². The Kier molecular flexibility index (Phi) is 8.13. The highest BCUT2D eigenvalue weighted by molar-refractivity contribution is 5.76. The molecule has 0 spiro atoms. The Balaban J connectivity index is 2.32. The summed E-state index contributed by atoms with van der Waals surface area (Å²) < 4.78 is 5.21. The quantitative estimate of drug-likeness (QED) is 0.358. The number of unbranched alkanes of at least 4 members (excludes halogenated alkanes) is 4. The van der Waals surface area contributed by atoms with Crippen molar-refractivity contribution in [2.24, 2.45) is 0 Å². The molecule has 21 heavy (non-hydrogen) atoms. The summed E-state index contributed by atoms with van der Waals surface area (Å²) >= 11 is 0. The molecule has 0 saturated carbocycles. The lowest BCUT2D eigenvalue weighted by Crippen LogP contribution is -2.44. The molecule has 0 aliphatic carbocycles. The first-order chi connectivity index (χ1) is 10.0. The van der Waals surface area contributed by atoms with Crippen molar-refractivity contribution < 1.29 is 30.0 Å². The molecule has 124 valence electrons. The van der Waals surface area contributed by atoms with Gasteiger partial charge in [-0.2, -0.15) is 0 Å². The van der Waals surface area contributed by atoms with Crippen molar-refractivity contribution in [1.29, 1.82) is 0 Å². The molecule has 0 radical (unpaired) electrons. The van der Waals surface area contributed by atoms with Crippen molar-refractivity contribution in [3.63, 3.8) is 0 Å². The largest absolute Gasteiger partial charge is 0.394 e. The average molecular weight is 305 g/mol. The molecular weight excluding hydrogens is 278 g/mol. The maximum atomic E-state index is 11.7. The van der Waals surface area contributed by atoms with Gasteiger partial charge in [0.2, 0.25) is 5.91 Å². The zero-order valence-electron chi connectivity index (χ0n) is 12.4. The van der Waals surface area contributed by atoms with E-state index >= 15 is 0 Å². The summed E-state index contributed by atoms with van der Waals surface area (Å²) in [6.45, 7) is 1.53. The van der Waals surface area contributed by atoms with Gasteiger partial charge in [-0.05, 0) is 6.42 Å². The maximum absolute atomic E-state index is 11.7. The van der Waals surface area contributed by atoms with Gasteiger partial charge in [-0.1, -0.05) is 32.6 Å². The molecule has 1 rings (SSSR count). The lowest BCUT2D eigenvalue weighted by atomic mass is 10.1. The summed E-state index contributed by atoms with van der Waals surface area (Å²) in [5.74, 6) is -0.262. The van der Waals surface area contributed by atoms with Gasteiger partial charge in [-0.25, -0.2) is 0 Å². The fraction of sp³-hybridized carbons (Fsp3) is 0.929. The van der Waals surface area contributed by atoms with Crippen LogP contribution >= 0.6 is 0 Å². The van der Waals surface area contributed by atoms with Crippen LogP contribution in [0, 0.1) is 0 Å². The molecule has 7 heteroatoms. The lowest BCUT2D eigenvalue weighted by molar-refractivity contribution is -0.129. The molecule has 1 aliphatic heterocycles. The first kappa shape index (κ1) is 18.3. The van der Waals surface area contributed by atoms with Gasteiger partial charge in [0.1, 0.15) is 24.4 Å². The zero-order chi connectivity index (χ0) is 15.8. The van der Waals surface area contributed by atoms with Gasteiger partial charge < -0.3 is 30.5 Å². The lowest BCUT2D eigenvalue weighted by Gasteiger charge is -2.18. The van der Waals surface area contributed by atoms with Gasteiger partial charge in [0, 0.05) is 6.42 Å². The van der Waals surface area contributed by atoms with Crippen molar-refractivity contribution in [3.8, 4) is 0 Å². The van der Waals surface area contributed by atoms with E-state index in [1.54, 1.807) is 0 Å². The minimum absolute atomic E-state index is 0.262. The van der Waals surface area contributed by atoms with E-state index < -0.39 is 37.3 Å². The summed E-state index contributed by atoms with van der Waals surface area (Å²) in [6, 6.07) is 0. The second-order valence-corrected chi connectivity index (χ2v) is 5.48. The molecule has 0 aromatic carbocycles. The van der Waals surface area contributed by atoms with Crippen LogP contribution in [-0.4, -0.2) is 63.6 Å². The molecule has 1 heterocycles. The Morgan fingerprint density at radius 3 is 2.48 bits per heavy atom. The van der Waals surface area contributed by atoms with Gasteiger partial charge >= 0.3 is 0 Å². The third-order valence-corrected chi connectivity index (χ3v) is 3.68. The summed E-state index contributed by atoms with van der Waals surface area (Å²) in [6.07, 6.45) is -0.680. The summed E-state index contributed by atoms with van der Waals surface area (Å²) in [5, 5.41) is 40.3. The minimum Gasteiger partial charge on any atom is -0.394 e. The van der Waals surface area contributed by atoms with E-state index in [2.05, 4.69) is 12.2 Å². The van der Waals surface area contributed by atoms with E-state index in [0.29, 0.717) is 6.42 Å². The SMILES string of the molecule is CCCCCCCC(=O)N[C@H]1O[C@@H]([C@H](O)CO)[C@H](O)[C@H]1O. The fourth-order valence-corrected chi connectivity index (χ4v) is 2.37. The smallest absolute Gasteiger partial charge is 0.222 e. The number of aliphatic hydroxyl groups is 4. The predicted octanol–water partition coefficient (Wildman–Crippen LogP) is -0.737. The molecule has 1 amide bonds. The second kappa shape index (κ2) is 9.32. The van der Waals surface area contributed by atoms with Crippen LogP contribution in [0.5, 0.6) is 0 Å². The van der Waals surface area contributed by atoms with Gasteiger partial charge in [0.15, 0.2) is 6.23 Å². The number of aliphatic hydroxyl groups excluding tert-OH is 4. The van der Waals surface area contributed by atoms with Crippen LogP contribution in [0.15, 0.2) is 0 Å². The van der Waals surface area contributed by atoms with E-state index in [4.69, 9.17) is 9.84 Å². The van der Waals surface area contributed by atoms with Crippen LogP contribution in [0.2, 0.25) is 0 Å². The number of amides is 1. The number of rotatable bonds is 9.